The van der Waals surface area contributed by atoms with Gasteiger partial charge in [-0.1, -0.05) is 35.1 Å². The third-order valence-electron chi connectivity index (χ3n) is 1.49. The second-order valence-corrected chi connectivity index (χ2v) is 3.68. The lowest BCUT2D eigenvalue weighted by molar-refractivity contribution is 0.440. The van der Waals surface area contributed by atoms with Crippen LogP contribution in [0.5, 0.6) is 10.9 Å². The van der Waals surface area contributed by atoms with Crippen LogP contribution < -0.4 is 4.74 Å². The highest BCUT2D eigenvalue weighted by Gasteiger charge is 2.06. The first-order chi connectivity index (χ1) is 6.75. The highest BCUT2D eigenvalue weighted by molar-refractivity contribution is 7.11. The highest BCUT2D eigenvalue weighted by atomic mass is 35.5. The summed E-state index contributed by atoms with van der Waals surface area (Å²) in [5.74, 6) is -0.266. The molecule has 1 heterocycles. The fourth-order valence-corrected chi connectivity index (χ4v) is 1.71. The normalized spacial score (nSPS) is 10.1. The van der Waals surface area contributed by atoms with Gasteiger partial charge in [0.05, 0.1) is 0 Å². The number of hydrogen-bond donors (Lipinski definition) is 0. The molecule has 0 fully saturated rings. The van der Waals surface area contributed by atoms with Gasteiger partial charge in [0.2, 0.25) is 0 Å². The smallest absolute Gasteiger partial charge is 0.280 e. The van der Waals surface area contributed by atoms with Crippen LogP contribution in [0.3, 0.4) is 0 Å². The summed E-state index contributed by atoms with van der Waals surface area (Å²) in [5.41, 5.74) is 0. The van der Waals surface area contributed by atoms with E-state index in [1.54, 1.807) is 17.5 Å². The molecule has 0 saturated carbocycles. The molecule has 1 aromatic heterocycles. The summed E-state index contributed by atoms with van der Waals surface area (Å²) in [6.45, 7) is 0. The number of para-hydroxylation sites is 1. The number of hydrogen-bond acceptors (Lipinski definition) is 3. The summed E-state index contributed by atoms with van der Waals surface area (Å²) in [7, 11) is 0. The van der Waals surface area contributed by atoms with E-state index in [9.17, 15) is 4.39 Å². The number of ether oxygens (including phenoxy) is 1. The van der Waals surface area contributed by atoms with Crippen molar-refractivity contribution in [1.29, 1.82) is 0 Å². The van der Waals surface area contributed by atoms with Crippen molar-refractivity contribution < 1.29 is 9.13 Å². The number of benzene rings is 1. The standard InChI is InChI=1S/C9H5ClFNOS/c10-8-5-14-9(12-8)13-7-4-2-1-3-6(7)11/h1-5H. The second kappa shape index (κ2) is 3.94. The van der Waals surface area contributed by atoms with Gasteiger partial charge in [-0.2, -0.15) is 4.98 Å². The van der Waals surface area contributed by atoms with Gasteiger partial charge in [0.1, 0.15) is 5.15 Å². The Bertz CT molecular complexity index is 446. The molecule has 0 aliphatic heterocycles. The molecule has 2 rings (SSSR count). The van der Waals surface area contributed by atoms with Gasteiger partial charge >= 0.3 is 0 Å². The van der Waals surface area contributed by atoms with Gasteiger partial charge in [-0.05, 0) is 12.1 Å². The molecule has 0 N–H and O–H groups in total. The summed E-state index contributed by atoms with van der Waals surface area (Å²) in [4.78, 5) is 3.84. The van der Waals surface area contributed by atoms with Gasteiger partial charge in [0, 0.05) is 5.38 Å². The third-order valence-corrected chi connectivity index (χ3v) is 2.53. The first kappa shape index (κ1) is 9.43. The van der Waals surface area contributed by atoms with Crippen molar-refractivity contribution in [3.63, 3.8) is 0 Å². The topological polar surface area (TPSA) is 22.1 Å². The summed E-state index contributed by atoms with van der Waals surface area (Å²) in [5, 5.41) is 2.30. The minimum atomic E-state index is -0.418. The van der Waals surface area contributed by atoms with E-state index in [-0.39, 0.29) is 5.75 Å². The van der Waals surface area contributed by atoms with E-state index in [2.05, 4.69) is 4.98 Å². The molecule has 0 radical (unpaired) electrons. The van der Waals surface area contributed by atoms with Crippen LogP contribution in [0.1, 0.15) is 0 Å². The number of halogens is 2. The van der Waals surface area contributed by atoms with Crippen LogP contribution in [0.4, 0.5) is 4.39 Å². The average molecular weight is 230 g/mol. The Hall–Kier alpha value is -1.13. The molecular formula is C9H5ClFNOS. The van der Waals surface area contributed by atoms with Crippen molar-refractivity contribution in [2.24, 2.45) is 0 Å². The van der Waals surface area contributed by atoms with E-state index in [0.717, 1.165) is 0 Å². The Kier molecular flexibility index (Phi) is 2.65. The number of thiazole rings is 1. The quantitative estimate of drug-likeness (QED) is 0.783. The zero-order valence-corrected chi connectivity index (χ0v) is 8.48. The lowest BCUT2D eigenvalue weighted by atomic mass is 10.3. The van der Waals surface area contributed by atoms with Crippen molar-refractivity contribution in [2.45, 2.75) is 0 Å². The lowest BCUT2D eigenvalue weighted by Crippen LogP contribution is -1.86. The first-order valence-electron chi connectivity index (χ1n) is 3.79. The zero-order chi connectivity index (χ0) is 9.97. The van der Waals surface area contributed by atoms with E-state index in [1.807, 2.05) is 0 Å². The molecule has 0 atom stereocenters. The fourth-order valence-electron chi connectivity index (χ4n) is 0.907. The summed E-state index contributed by atoms with van der Waals surface area (Å²) < 4.78 is 18.3. The molecule has 0 aliphatic rings. The van der Waals surface area contributed by atoms with Crippen molar-refractivity contribution in [1.82, 2.24) is 4.98 Å². The second-order valence-electron chi connectivity index (χ2n) is 2.47. The molecule has 0 saturated heterocycles. The van der Waals surface area contributed by atoms with Crippen LogP contribution in [-0.2, 0) is 0 Å². The minimum Gasteiger partial charge on any atom is -0.428 e. The van der Waals surface area contributed by atoms with Gasteiger partial charge in [-0.3, -0.25) is 0 Å². The van der Waals surface area contributed by atoms with Gasteiger partial charge in [-0.25, -0.2) is 4.39 Å². The van der Waals surface area contributed by atoms with Crippen LogP contribution in [0.15, 0.2) is 29.6 Å². The molecule has 0 unspecified atom stereocenters. The van der Waals surface area contributed by atoms with Crippen LogP contribution in [-0.4, -0.2) is 4.98 Å². The zero-order valence-electron chi connectivity index (χ0n) is 6.91. The average Bonchev–Trinajstić information content (AvgIpc) is 2.56. The van der Waals surface area contributed by atoms with Crippen molar-refractivity contribution in [3.8, 4) is 10.9 Å². The maximum absolute atomic E-state index is 13.1. The lowest BCUT2D eigenvalue weighted by Gasteiger charge is -2.01. The van der Waals surface area contributed by atoms with Crippen LogP contribution in [0.2, 0.25) is 5.15 Å². The Labute approximate surface area is 88.9 Å². The Morgan fingerprint density at radius 2 is 2.14 bits per heavy atom. The summed E-state index contributed by atoms with van der Waals surface area (Å²) in [6.07, 6.45) is 0. The summed E-state index contributed by atoms with van der Waals surface area (Å²) >= 11 is 6.81. The Balaban J connectivity index is 2.23. The number of nitrogens with zero attached hydrogens (tertiary/aromatic N) is 1. The van der Waals surface area contributed by atoms with Crippen LogP contribution >= 0.6 is 22.9 Å². The van der Waals surface area contributed by atoms with Crippen LogP contribution in [0.25, 0.3) is 0 Å². The number of rotatable bonds is 2. The summed E-state index contributed by atoms with van der Waals surface area (Å²) in [6, 6.07) is 6.14. The van der Waals surface area contributed by atoms with Crippen LogP contribution in [0, 0.1) is 5.82 Å². The third kappa shape index (κ3) is 2.02. The minimum absolute atomic E-state index is 0.151. The van der Waals surface area contributed by atoms with Crippen molar-refractivity contribution in [2.75, 3.05) is 0 Å². The molecule has 5 heteroatoms. The number of aromatic nitrogens is 1. The maximum Gasteiger partial charge on any atom is 0.280 e. The van der Waals surface area contributed by atoms with Gasteiger partial charge in [0.25, 0.3) is 5.19 Å². The molecule has 0 amide bonds. The SMILES string of the molecule is Fc1ccccc1Oc1nc(Cl)cs1. The van der Waals surface area contributed by atoms with Crippen molar-refractivity contribution >= 4 is 22.9 Å². The van der Waals surface area contributed by atoms with Gasteiger partial charge in [0.15, 0.2) is 11.6 Å². The molecule has 1 aromatic carbocycles. The monoisotopic (exact) mass is 229 g/mol. The molecule has 72 valence electrons. The van der Waals surface area contributed by atoms with Crippen molar-refractivity contribution in [3.05, 3.63) is 40.6 Å². The van der Waals surface area contributed by atoms with E-state index >= 15 is 0 Å². The molecule has 2 aromatic rings. The largest absolute Gasteiger partial charge is 0.428 e. The molecule has 14 heavy (non-hydrogen) atoms. The first-order valence-corrected chi connectivity index (χ1v) is 5.05. The van der Waals surface area contributed by atoms with E-state index in [1.165, 1.54) is 23.5 Å². The van der Waals surface area contributed by atoms with E-state index in [0.29, 0.717) is 10.3 Å². The van der Waals surface area contributed by atoms with Gasteiger partial charge in [-0.15, -0.1) is 0 Å². The molecular weight excluding hydrogens is 225 g/mol. The fraction of sp³-hybridized carbons (Fsp3) is 0. The highest BCUT2D eigenvalue weighted by Crippen LogP contribution is 2.28. The Morgan fingerprint density at radius 3 is 2.79 bits per heavy atom. The molecule has 2 nitrogen and oxygen atoms in total. The van der Waals surface area contributed by atoms with E-state index in [4.69, 9.17) is 16.3 Å². The molecule has 0 bridgehead atoms. The van der Waals surface area contributed by atoms with Gasteiger partial charge < -0.3 is 4.74 Å². The maximum atomic E-state index is 13.1. The molecule has 0 aliphatic carbocycles. The molecule has 0 spiro atoms. The Morgan fingerprint density at radius 1 is 1.36 bits per heavy atom. The predicted molar refractivity (Wildman–Crippen MR) is 53.6 cm³/mol. The predicted octanol–water partition coefficient (Wildman–Crippen LogP) is 3.73. The van der Waals surface area contributed by atoms with E-state index < -0.39 is 5.82 Å².